The number of hydrogen-bond donors (Lipinski definition) is 1. The quantitative estimate of drug-likeness (QED) is 0.644. The van der Waals surface area contributed by atoms with E-state index in [0.29, 0.717) is 4.87 Å². The molecule has 1 saturated carbocycles. The van der Waals surface area contributed by atoms with Crippen molar-refractivity contribution >= 4 is 11.8 Å². The largest absolute Gasteiger partial charge is 0.302 e. The van der Waals surface area contributed by atoms with Crippen LogP contribution in [-0.2, 0) is 0 Å². The Kier molecular flexibility index (Phi) is 2.89. The molecule has 1 nitrogen and oxygen atoms in total. The highest BCUT2D eigenvalue weighted by molar-refractivity contribution is 8.00. The maximum atomic E-state index is 3.78. The Balaban J connectivity index is 1.95. The van der Waals surface area contributed by atoms with Crippen LogP contribution in [0, 0.1) is 11.8 Å². The molecule has 1 heterocycles. The molecule has 13 heavy (non-hydrogen) atoms. The van der Waals surface area contributed by atoms with Gasteiger partial charge in [0.2, 0.25) is 0 Å². The average Bonchev–Trinajstić information content (AvgIpc) is 2.11. The van der Waals surface area contributed by atoms with E-state index in [1.807, 2.05) is 0 Å². The first-order valence-electron chi connectivity index (χ1n) is 5.59. The van der Waals surface area contributed by atoms with E-state index < -0.39 is 0 Å². The van der Waals surface area contributed by atoms with Crippen LogP contribution in [0.1, 0.15) is 39.5 Å². The van der Waals surface area contributed by atoms with Crippen LogP contribution in [0.15, 0.2) is 0 Å². The Morgan fingerprint density at radius 2 is 2.15 bits per heavy atom. The molecule has 1 aliphatic heterocycles. The molecule has 0 aromatic carbocycles. The van der Waals surface area contributed by atoms with E-state index in [1.54, 1.807) is 0 Å². The second-order valence-corrected chi connectivity index (χ2v) is 6.40. The lowest BCUT2D eigenvalue weighted by Crippen LogP contribution is -2.51. The number of nitrogens with one attached hydrogen (secondary N) is 1. The van der Waals surface area contributed by atoms with Crippen LogP contribution >= 0.6 is 11.8 Å². The van der Waals surface area contributed by atoms with Gasteiger partial charge in [-0.25, -0.2) is 0 Å². The third kappa shape index (κ3) is 2.21. The Bertz CT molecular complexity index is 173. The molecular weight excluding hydrogens is 178 g/mol. The van der Waals surface area contributed by atoms with Crippen molar-refractivity contribution in [3.63, 3.8) is 0 Å². The number of rotatable bonds is 0. The first kappa shape index (κ1) is 9.85. The monoisotopic (exact) mass is 199 g/mol. The average molecular weight is 199 g/mol. The van der Waals surface area contributed by atoms with Crippen LogP contribution in [0.5, 0.6) is 0 Å². The molecule has 2 fully saturated rings. The molecule has 1 N–H and O–H groups in total. The summed E-state index contributed by atoms with van der Waals surface area (Å²) in [5.41, 5.74) is 0. The zero-order valence-corrected chi connectivity index (χ0v) is 9.62. The summed E-state index contributed by atoms with van der Waals surface area (Å²) < 4.78 is 0. The molecule has 76 valence electrons. The van der Waals surface area contributed by atoms with E-state index >= 15 is 0 Å². The van der Waals surface area contributed by atoms with Crippen molar-refractivity contribution in [3.8, 4) is 0 Å². The zero-order valence-electron chi connectivity index (χ0n) is 8.81. The molecular formula is C11H21NS. The molecule has 3 unspecified atom stereocenters. The minimum Gasteiger partial charge on any atom is -0.302 e. The summed E-state index contributed by atoms with van der Waals surface area (Å²) in [6, 6.07) is 0. The molecule has 0 bridgehead atoms. The summed E-state index contributed by atoms with van der Waals surface area (Å²) in [6.45, 7) is 5.99. The lowest BCUT2D eigenvalue weighted by molar-refractivity contribution is 0.258. The molecule has 1 spiro atoms. The molecule has 3 atom stereocenters. The highest BCUT2D eigenvalue weighted by Crippen LogP contribution is 2.42. The van der Waals surface area contributed by atoms with Crippen molar-refractivity contribution in [2.75, 3.05) is 12.3 Å². The van der Waals surface area contributed by atoms with Gasteiger partial charge in [0.1, 0.15) is 0 Å². The lowest BCUT2D eigenvalue weighted by atomic mass is 9.86. The van der Waals surface area contributed by atoms with Crippen molar-refractivity contribution in [2.24, 2.45) is 11.8 Å². The van der Waals surface area contributed by atoms with Gasteiger partial charge in [-0.15, -0.1) is 11.8 Å². The van der Waals surface area contributed by atoms with Gasteiger partial charge in [-0.3, -0.25) is 0 Å². The summed E-state index contributed by atoms with van der Waals surface area (Å²) in [5.74, 6) is 3.16. The van der Waals surface area contributed by atoms with Crippen LogP contribution in [-0.4, -0.2) is 17.2 Å². The molecule has 2 heteroatoms. The van der Waals surface area contributed by atoms with Crippen LogP contribution in [0.3, 0.4) is 0 Å². The zero-order chi connectivity index (χ0) is 9.31. The molecule has 0 aromatic rings. The van der Waals surface area contributed by atoms with Crippen molar-refractivity contribution in [1.29, 1.82) is 0 Å². The molecule has 2 rings (SSSR count). The Morgan fingerprint density at radius 1 is 1.31 bits per heavy atom. The fourth-order valence-corrected chi connectivity index (χ4v) is 4.16. The van der Waals surface area contributed by atoms with Gasteiger partial charge in [0.25, 0.3) is 0 Å². The van der Waals surface area contributed by atoms with Crippen LogP contribution in [0.4, 0.5) is 0 Å². The van der Waals surface area contributed by atoms with E-state index in [4.69, 9.17) is 0 Å². The molecule has 0 aromatic heterocycles. The topological polar surface area (TPSA) is 12.0 Å². The van der Waals surface area contributed by atoms with E-state index in [1.165, 1.54) is 38.0 Å². The Hall–Kier alpha value is 0.310. The fraction of sp³-hybridized carbons (Fsp3) is 1.00. The number of hydrogen-bond acceptors (Lipinski definition) is 2. The van der Waals surface area contributed by atoms with Crippen molar-refractivity contribution in [1.82, 2.24) is 5.32 Å². The summed E-state index contributed by atoms with van der Waals surface area (Å²) in [4.78, 5) is 0.476. The second-order valence-electron chi connectivity index (χ2n) is 4.99. The second kappa shape index (κ2) is 3.82. The minimum atomic E-state index is 0.476. The first-order chi connectivity index (χ1) is 6.20. The van der Waals surface area contributed by atoms with Gasteiger partial charge >= 0.3 is 0 Å². The van der Waals surface area contributed by atoms with Crippen LogP contribution in [0.2, 0.25) is 0 Å². The lowest BCUT2D eigenvalue weighted by Gasteiger charge is -2.44. The van der Waals surface area contributed by atoms with Gasteiger partial charge < -0.3 is 5.32 Å². The summed E-state index contributed by atoms with van der Waals surface area (Å²) >= 11 is 2.19. The summed E-state index contributed by atoms with van der Waals surface area (Å²) in [6.07, 6.45) is 5.66. The molecule has 1 saturated heterocycles. The van der Waals surface area contributed by atoms with E-state index in [2.05, 4.69) is 30.9 Å². The highest BCUT2D eigenvalue weighted by atomic mass is 32.2. The van der Waals surface area contributed by atoms with Gasteiger partial charge in [-0.1, -0.05) is 26.7 Å². The molecule has 1 aliphatic carbocycles. The molecule has 2 aliphatic rings. The Morgan fingerprint density at radius 3 is 2.77 bits per heavy atom. The van der Waals surface area contributed by atoms with Gasteiger partial charge in [0.05, 0.1) is 4.87 Å². The number of thioether (sulfide) groups is 1. The van der Waals surface area contributed by atoms with Crippen molar-refractivity contribution in [3.05, 3.63) is 0 Å². The van der Waals surface area contributed by atoms with Crippen molar-refractivity contribution in [2.45, 2.75) is 44.4 Å². The van der Waals surface area contributed by atoms with Gasteiger partial charge in [-0.05, 0) is 37.0 Å². The third-order valence-electron chi connectivity index (χ3n) is 3.37. The first-order valence-corrected chi connectivity index (χ1v) is 6.58. The van der Waals surface area contributed by atoms with Gasteiger partial charge in [0, 0.05) is 0 Å². The van der Waals surface area contributed by atoms with Crippen LogP contribution in [0.25, 0.3) is 0 Å². The predicted molar refractivity (Wildman–Crippen MR) is 60.0 cm³/mol. The van der Waals surface area contributed by atoms with E-state index in [9.17, 15) is 0 Å². The highest BCUT2D eigenvalue weighted by Gasteiger charge is 2.37. The summed E-state index contributed by atoms with van der Waals surface area (Å²) in [5, 5.41) is 3.78. The Labute approximate surface area is 86.0 Å². The molecule has 0 amide bonds. The van der Waals surface area contributed by atoms with Gasteiger partial charge in [0.15, 0.2) is 0 Å². The molecule has 0 radical (unpaired) electrons. The SMILES string of the molecule is CC1CNC2(CCCC(C)C2)SC1. The smallest absolute Gasteiger partial charge is 0.0647 e. The normalized spacial score (nSPS) is 46.6. The third-order valence-corrected chi connectivity index (χ3v) is 5.18. The maximum absolute atomic E-state index is 3.78. The standard InChI is InChI=1S/C11H21NS/c1-9-4-3-5-11(6-9)12-7-10(2)8-13-11/h9-10,12H,3-8H2,1-2H3. The summed E-state index contributed by atoms with van der Waals surface area (Å²) in [7, 11) is 0. The predicted octanol–water partition coefficient (Wildman–Crippen LogP) is 2.87. The fourth-order valence-electron chi connectivity index (χ4n) is 2.57. The van der Waals surface area contributed by atoms with E-state index in [-0.39, 0.29) is 0 Å². The van der Waals surface area contributed by atoms with E-state index in [0.717, 1.165) is 11.8 Å². The maximum Gasteiger partial charge on any atom is 0.0647 e. The minimum absolute atomic E-state index is 0.476. The van der Waals surface area contributed by atoms with Crippen molar-refractivity contribution < 1.29 is 0 Å². The van der Waals surface area contributed by atoms with Crippen LogP contribution < -0.4 is 5.32 Å². The van der Waals surface area contributed by atoms with Gasteiger partial charge in [-0.2, -0.15) is 0 Å².